The van der Waals surface area contributed by atoms with Crippen molar-refractivity contribution < 1.29 is 14.0 Å². The van der Waals surface area contributed by atoms with E-state index in [0.717, 1.165) is 5.56 Å². The van der Waals surface area contributed by atoms with Gasteiger partial charge in [0.2, 0.25) is 11.8 Å². The van der Waals surface area contributed by atoms with Crippen LogP contribution in [0, 0.1) is 6.92 Å². The van der Waals surface area contributed by atoms with E-state index in [1.807, 2.05) is 67.6 Å². The second kappa shape index (κ2) is 8.91. The minimum absolute atomic E-state index is 0.123. The second-order valence-corrected chi connectivity index (χ2v) is 6.41. The first-order valence-electron chi connectivity index (χ1n) is 9.36. The number of aryl methyl sites for hydroxylation is 1. The molecule has 30 heavy (non-hydrogen) atoms. The number of rotatable bonds is 7. The van der Waals surface area contributed by atoms with Crippen LogP contribution in [0.5, 0.6) is 11.6 Å². The monoisotopic (exact) mass is 400 g/mol. The molecule has 0 unspecified atom stereocenters. The summed E-state index contributed by atoms with van der Waals surface area (Å²) in [5.74, 6) is 2.35. The molecule has 2 N–H and O–H groups in total. The normalized spacial score (nSPS) is 11.3. The number of pyridine rings is 1. The quantitative estimate of drug-likeness (QED) is 0.275. The average molecular weight is 400 g/mol. The van der Waals surface area contributed by atoms with Crippen molar-refractivity contribution in [2.75, 3.05) is 0 Å². The van der Waals surface area contributed by atoms with Gasteiger partial charge in [-0.3, -0.25) is 0 Å². The number of amidine groups is 1. The Hall–Kier alpha value is -4.13. The second-order valence-electron chi connectivity index (χ2n) is 6.41. The van der Waals surface area contributed by atoms with Gasteiger partial charge in [-0.1, -0.05) is 41.6 Å². The fourth-order valence-electron chi connectivity index (χ4n) is 2.75. The van der Waals surface area contributed by atoms with Crippen molar-refractivity contribution >= 4 is 5.84 Å². The lowest BCUT2D eigenvalue weighted by atomic mass is 10.2. The number of para-hydroxylation sites is 1. The number of hydrogen-bond acceptors (Lipinski definition) is 6. The van der Waals surface area contributed by atoms with E-state index in [-0.39, 0.29) is 12.4 Å². The lowest BCUT2D eigenvalue weighted by Gasteiger charge is -2.09. The minimum Gasteiger partial charge on any atom is -0.441 e. The maximum absolute atomic E-state index is 6.11. The zero-order chi connectivity index (χ0) is 20.8. The summed E-state index contributed by atoms with van der Waals surface area (Å²) in [4.78, 5) is 14.2. The van der Waals surface area contributed by atoms with E-state index in [1.165, 1.54) is 0 Å². The van der Waals surface area contributed by atoms with Crippen LogP contribution in [0.25, 0.3) is 11.5 Å². The number of oxime groups is 1. The smallest absolute Gasteiger partial charge is 0.230 e. The highest BCUT2D eigenvalue weighted by molar-refractivity contribution is 5.99. The van der Waals surface area contributed by atoms with Gasteiger partial charge in [0, 0.05) is 11.8 Å². The van der Waals surface area contributed by atoms with E-state index >= 15 is 0 Å². The molecule has 2 aromatic carbocycles. The first-order valence-corrected chi connectivity index (χ1v) is 9.36. The summed E-state index contributed by atoms with van der Waals surface area (Å²) in [6, 6.07) is 22.5. The third-order valence-electron chi connectivity index (χ3n) is 4.28. The molecule has 7 nitrogen and oxygen atoms in total. The highest BCUT2D eigenvalue weighted by atomic mass is 16.6. The summed E-state index contributed by atoms with van der Waals surface area (Å²) in [6.07, 6.45) is 1.62. The molecule has 4 aromatic rings. The Bertz CT molecular complexity index is 1140. The van der Waals surface area contributed by atoms with Crippen molar-refractivity contribution in [1.82, 2.24) is 9.97 Å². The van der Waals surface area contributed by atoms with E-state index in [9.17, 15) is 0 Å². The number of oxazole rings is 1. The first-order chi connectivity index (χ1) is 14.7. The Morgan fingerprint density at radius 3 is 2.50 bits per heavy atom. The number of aromatic nitrogens is 2. The SMILES string of the molecule is Cc1oc(-c2ccccc2)nc1CO/N=C(\N)c1cccnc1Oc1ccccc1. The molecule has 150 valence electrons. The molecule has 0 atom stereocenters. The van der Waals surface area contributed by atoms with Crippen LogP contribution in [0.3, 0.4) is 0 Å². The molecule has 0 amide bonds. The predicted octanol–water partition coefficient (Wildman–Crippen LogP) is 4.67. The molecular weight excluding hydrogens is 380 g/mol. The zero-order valence-corrected chi connectivity index (χ0v) is 16.4. The molecule has 0 spiro atoms. The summed E-state index contributed by atoms with van der Waals surface area (Å²) in [7, 11) is 0. The highest BCUT2D eigenvalue weighted by Crippen LogP contribution is 2.23. The molecular formula is C23H20N4O3. The Kier molecular flexibility index (Phi) is 5.70. The average Bonchev–Trinajstić information content (AvgIpc) is 3.16. The Morgan fingerprint density at radius 1 is 1.00 bits per heavy atom. The van der Waals surface area contributed by atoms with Crippen LogP contribution in [0.2, 0.25) is 0 Å². The van der Waals surface area contributed by atoms with E-state index in [2.05, 4.69) is 15.1 Å². The molecule has 4 rings (SSSR count). The van der Waals surface area contributed by atoms with Gasteiger partial charge in [0.1, 0.15) is 17.2 Å². The minimum atomic E-state index is 0.123. The molecule has 2 heterocycles. The molecule has 0 aliphatic heterocycles. The van der Waals surface area contributed by atoms with Crippen molar-refractivity contribution in [3.63, 3.8) is 0 Å². The molecule has 0 fully saturated rings. The maximum atomic E-state index is 6.11. The Labute approximate surface area is 173 Å². The van der Waals surface area contributed by atoms with Crippen LogP contribution in [0.1, 0.15) is 17.0 Å². The van der Waals surface area contributed by atoms with Gasteiger partial charge in [0.15, 0.2) is 12.4 Å². The summed E-state index contributed by atoms with van der Waals surface area (Å²) in [5, 5.41) is 4.01. The van der Waals surface area contributed by atoms with E-state index in [0.29, 0.717) is 34.5 Å². The van der Waals surface area contributed by atoms with Crippen molar-refractivity contribution in [3.8, 4) is 23.1 Å². The lowest BCUT2D eigenvalue weighted by molar-refractivity contribution is 0.127. The van der Waals surface area contributed by atoms with Crippen LogP contribution >= 0.6 is 0 Å². The third kappa shape index (κ3) is 4.47. The Morgan fingerprint density at radius 2 is 1.73 bits per heavy atom. The molecule has 7 heteroatoms. The third-order valence-corrected chi connectivity index (χ3v) is 4.28. The van der Waals surface area contributed by atoms with Gasteiger partial charge in [-0.2, -0.15) is 0 Å². The molecule has 2 aromatic heterocycles. The number of hydrogen-bond donors (Lipinski definition) is 1. The number of ether oxygens (including phenoxy) is 1. The van der Waals surface area contributed by atoms with E-state index in [4.69, 9.17) is 19.7 Å². The summed E-state index contributed by atoms with van der Waals surface area (Å²) in [6.45, 7) is 1.95. The molecule has 0 radical (unpaired) electrons. The van der Waals surface area contributed by atoms with Gasteiger partial charge in [-0.15, -0.1) is 0 Å². The van der Waals surface area contributed by atoms with Gasteiger partial charge in [-0.05, 0) is 43.3 Å². The topological polar surface area (TPSA) is 95.8 Å². The molecule has 0 aliphatic carbocycles. The molecule has 0 saturated carbocycles. The van der Waals surface area contributed by atoms with Crippen molar-refractivity contribution in [1.29, 1.82) is 0 Å². The Balaban J connectivity index is 1.46. The maximum Gasteiger partial charge on any atom is 0.230 e. The highest BCUT2D eigenvalue weighted by Gasteiger charge is 2.13. The van der Waals surface area contributed by atoms with Crippen LogP contribution in [0.4, 0.5) is 0 Å². The van der Waals surface area contributed by atoms with Crippen LogP contribution in [-0.4, -0.2) is 15.8 Å². The van der Waals surface area contributed by atoms with E-state index < -0.39 is 0 Å². The summed E-state index contributed by atoms with van der Waals surface area (Å²) < 4.78 is 11.5. The fraction of sp³-hybridized carbons (Fsp3) is 0.0870. The summed E-state index contributed by atoms with van der Waals surface area (Å²) in [5.41, 5.74) is 8.19. The fourth-order valence-corrected chi connectivity index (χ4v) is 2.75. The van der Waals surface area contributed by atoms with Gasteiger partial charge in [0.25, 0.3) is 0 Å². The van der Waals surface area contributed by atoms with Crippen LogP contribution < -0.4 is 10.5 Å². The van der Waals surface area contributed by atoms with Gasteiger partial charge < -0.3 is 19.7 Å². The van der Waals surface area contributed by atoms with Crippen LogP contribution in [-0.2, 0) is 11.4 Å². The largest absolute Gasteiger partial charge is 0.441 e. The van der Waals surface area contributed by atoms with Gasteiger partial charge in [-0.25, -0.2) is 9.97 Å². The standard InChI is InChI=1S/C23H20N4O3/c1-16-20(26-22(29-16)17-9-4-2-5-10-17)15-28-27-21(24)19-13-8-14-25-23(19)30-18-11-6-3-7-12-18/h2-14H,15H2,1H3,(H2,24,27). The number of benzene rings is 2. The number of nitrogens with zero attached hydrogens (tertiary/aromatic N) is 3. The van der Waals surface area contributed by atoms with Gasteiger partial charge >= 0.3 is 0 Å². The number of nitrogens with two attached hydrogens (primary N) is 1. The lowest BCUT2D eigenvalue weighted by Crippen LogP contribution is -2.15. The van der Waals surface area contributed by atoms with Crippen molar-refractivity contribution in [3.05, 3.63) is 96.0 Å². The van der Waals surface area contributed by atoms with E-state index in [1.54, 1.807) is 18.3 Å². The van der Waals surface area contributed by atoms with Gasteiger partial charge in [0.05, 0.1) is 5.56 Å². The van der Waals surface area contributed by atoms with Crippen LogP contribution in [0.15, 0.2) is 88.6 Å². The molecule has 0 saturated heterocycles. The van der Waals surface area contributed by atoms with Crippen molar-refractivity contribution in [2.24, 2.45) is 10.9 Å². The zero-order valence-electron chi connectivity index (χ0n) is 16.4. The molecule has 0 bridgehead atoms. The molecule has 0 aliphatic rings. The van der Waals surface area contributed by atoms with Crippen molar-refractivity contribution in [2.45, 2.75) is 13.5 Å². The first kappa shape index (κ1) is 19.2. The predicted molar refractivity (Wildman–Crippen MR) is 113 cm³/mol. The summed E-state index contributed by atoms with van der Waals surface area (Å²) >= 11 is 0.